The van der Waals surface area contributed by atoms with E-state index in [-0.39, 0.29) is 17.5 Å². The van der Waals surface area contributed by atoms with Gasteiger partial charge in [-0.15, -0.1) is 0 Å². The molecule has 1 aromatic rings. The van der Waals surface area contributed by atoms with Gasteiger partial charge in [0.15, 0.2) is 11.5 Å². The summed E-state index contributed by atoms with van der Waals surface area (Å²) in [6.45, 7) is 13.9. The molecular formula is C22H35NO5. The number of esters is 2. The van der Waals surface area contributed by atoms with Gasteiger partial charge in [-0.25, -0.2) is 0 Å². The maximum absolute atomic E-state index is 12.4. The predicted molar refractivity (Wildman–Crippen MR) is 109 cm³/mol. The van der Waals surface area contributed by atoms with Crippen LogP contribution < -0.4 is 10.1 Å². The van der Waals surface area contributed by atoms with Crippen molar-refractivity contribution in [3.05, 3.63) is 23.8 Å². The first-order valence-corrected chi connectivity index (χ1v) is 9.83. The molecule has 0 radical (unpaired) electrons. The third-order valence-corrected chi connectivity index (χ3v) is 4.07. The van der Waals surface area contributed by atoms with E-state index in [1.165, 1.54) is 6.07 Å². The topological polar surface area (TPSA) is 84.9 Å². The lowest BCUT2D eigenvalue weighted by molar-refractivity contribution is -0.159. The van der Waals surface area contributed by atoms with Crippen molar-refractivity contribution < 1.29 is 24.2 Å². The number of ether oxygens (including phenoxy) is 2. The maximum Gasteiger partial charge on any atom is 0.316 e. The van der Waals surface area contributed by atoms with Gasteiger partial charge < -0.3 is 19.9 Å². The fourth-order valence-corrected chi connectivity index (χ4v) is 2.13. The van der Waals surface area contributed by atoms with Gasteiger partial charge in [0.2, 0.25) is 0 Å². The highest BCUT2D eigenvalue weighted by atomic mass is 16.6. The summed E-state index contributed by atoms with van der Waals surface area (Å²) in [5.41, 5.74) is -0.696. The van der Waals surface area contributed by atoms with E-state index in [4.69, 9.17) is 9.47 Å². The molecule has 2 N–H and O–H groups in total. The molecule has 0 aliphatic carbocycles. The van der Waals surface area contributed by atoms with Crippen LogP contribution in [0.2, 0.25) is 0 Å². The van der Waals surface area contributed by atoms with Gasteiger partial charge in [0.05, 0.1) is 10.8 Å². The van der Waals surface area contributed by atoms with Crippen molar-refractivity contribution in [2.45, 2.75) is 67.4 Å². The molecule has 0 aliphatic rings. The summed E-state index contributed by atoms with van der Waals surface area (Å²) < 4.78 is 11.1. The fourth-order valence-electron chi connectivity index (χ4n) is 2.13. The van der Waals surface area contributed by atoms with Gasteiger partial charge in [-0.3, -0.25) is 9.59 Å². The second kappa shape index (κ2) is 9.92. The molecule has 158 valence electrons. The largest absolute Gasteiger partial charge is 0.504 e. The molecule has 0 saturated carbocycles. The molecule has 0 unspecified atom stereocenters. The van der Waals surface area contributed by atoms with Crippen molar-refractivity contribution in [1.29, 1.82) is 0 Å². The predicted octanol–water partition coefficient (Wildman–Crippen LogP) is 4.36. The summed E-state index contributed by atoms with van der Waals surface area (Å²) in [7, 11) is 0. The fraction of sp³-hybridized carbons (Fsp3) is 0.636. The number of rotatable bonds is 8. The first kappa shape index (κ1) is 24.0. The molecule has 0 spiro atoms. The van der Waals surface area contributed by atoms with Crippen LogP contribution in [0.5, 0.6) is 11.5 Å². The molecule has 0 bridgehead atoms. The SMILES string of the molecule is CCCCNC[C@@H](OC(=O)C(C)(C)C)c1ccc(O)c(OC(=O)C(C)(C)C)c1. The Bertz CT molecular complexity index is 670. The molecule has 0 fully saturated rings. The quantitative estimate of drug-likeness (QED) is 0.388. The zero-order valence-corrected chi connectivity index (χ0v) is 18.2. The summed E-state index contributed by atoms with van der Waals surface area (Å²) >= 11 is 0. The molecule has 28 heavy (non-hydrogen) atoms. The van der Waals surface area contributed by atoms with Crippen LogP contribution in [-0.2, 0) is 14.3 Å². The number of hydrogen-bond donors (Lipinski definition) is 2. The van der Waals surface area contributed by atoms with Gasteiger partial charge in [0, 0.05) is 6.54 Å². The standard InChI is InChI=1S/C22H35NO5/c1-8-9-12-23-14-18(28-20(26)22(5,6)7)15-10-11-16(24)17(13-15)27-19(25)21(2,3)4/h10-11,13,18,23-24H,8-9,12,14H2,1-7H3/t18-/m1/s1. The lowest BCUT2D eigenvalue weighted by atomic mass is 9.97. The van der Waals surface area contributed by atoms with E-state index in [0.717, 1.165) is 19.4 Å². The average Bonchev–Trinajstić information content (AvgIpc) is 2.57. The Labute approximate surface area is 168 Å². The molecule has 0 heterocycles. The molecule has 0 aromatic heterocycles. The number of benzene rings is 1. The number of phenols is 1. The van der Waals surface area contributed by atoms with Crippen molar-refractivity contribution in [3.63, 3.8) is 0 Å². The van der Waals surface area contributed by atoms with Crippen LogP contribution in [0.15, 0.2) is 18.2 Å². The third kappa shape index (κ3) is 7.50. The summed E-state index contributed by atoms with van der Waals surface area (Å²) in [5, 5.41) is 13.4. The molecule has 6 nitrogen and oxygen atoms in total. The zero-order valence-electron chi connectivity index (χ0n) is 18.2. The molecule has 1 rings (SSSR count). The van der Waals surface area contributed by atoms with Crippen molar-refractivity contribution in [3.8, 4) is 11.5 Å². The first-order chi connectivity index (χ1) is 12.9. The molecule has 0 aliphatic heterocycles. The maximum atomic E-state index is 12.4. The van der Waals surface area contributed by atoms with Crippen molar-refractivity contribution in [1.82, 2.24) is 5.32 Å². The highest BCUT2D eigenvalue weighted by Gasteiger charge is 2.28. The van der Waals surface area contributed by atoms with E-state index < -0.39 is 22.9 Å². The number of aromatic hydroxyl groups is 1. The van der Waals surface area contributed by atoms with E-state index in [2.05, 4.69) is 12.2 Å². The van der Waals surface area contributed by atoms with Crippen LogP contribution in [0.25, 0.3) is 0 Å². The Balaban J connectivity index is 3.08. The van der Waals surface area contributed by atoms with E-state index in [1.807, 2.05) is 0 Å². The van der Waals surface area contributed by atoms with Crippen molar-refractivity contribution in [2.75, 3.05) is 13.1 Å². The number of hydrogen-bond acceptors (Lipinski definition) is 6. The lowest BCUT2D eigenvalue weighted by Crippen LogP contribution is -2.30. The Morgan fingerprint density at radius 3 is 2.21 bits per heavy atom. The van der Waals surface area contributed by atoms with E-state index in [0.29, 0.717) is 12.1 Å². The number of carbonyl (C=O) groups is 2. The Kier molecular flexibility index (Phi) is 8.48. The molecule has 0 saturated heterocycles. The van der Waals surface area contributed by atoms with Gasteiger partial charge >= 0.3 is 11.9 Å². The van der Waals surface area contributed by atoms with E-state index >= 15 is 0 Å². The van der Waals surface area contributed by atoms with E-state index in [1.54, 1.807) is 53.7 Å². The van der Waals surface area contributed by atoms with Crippen molar-refractivity contribution >= 4 is 11.9 Å². The zero-order chi connectivity index (χ0) is 21.5. The van der Waals surface area contributed by atoms with Gasteiger partial charge in [-0.1, -0.05) is 19.4 Å². The minimum atomic E-state index is -0.706. The number of carbonyl (C=O) groups excluding carboxylic acids is 2. The molecule has 6 heteroatoms. The molecular weight excluding hydrogens is 358 g/mol. The monoisotopic (exact) mass is 393 g/mol. The molecule has 1 atom stereocenters. The van der Waals surface area contributed by atoms with E-state index in [9.17, 15) is 14.7 Å². The first-order valence-electron chi connectivity index (χ1n) is 9.83. The normalized spacial score (nSPS) is 13.1. The minimum Gasteiger partial charge on any atom is -0.504 e. The van der Waals surface area contributed by atoms with Gasteiger partial charge in [-0.05, 0) is 72.2 Å². The van der Waals surface area contributed by atoms with Crippen LogP contribution in [0.4, 0.5) is 0 Å². The summed E-state index contributed by atoms with van der Waals surface area (Å²) in [5.74, 6) is -0.857. The van der Waals surface area contributed by atoms with Crippen LogP contribution in [0.3, 0.4) is 0 Å². The van der Waals surface area contributed by atoms with Gasteiger partial charge in [0.1, 0.15) is 6.10 Å². The number of phenolic OH excluding ortho intramolecular Hbond substituents is 1. The Hall–Kier alpha value is -2.08. The van der Waals surface area contributed by atoms with Crippen LogP contribution in [-0.4, -0.2) is 30.1 Å². The van der Waals surface area contributed by atoms with Crippen molar-refractivity contribution in [2.24, 2.45) is 10.8 Å². The Morgan fingerprint density at radius 1 is 1.07 bits per heavy atom. The summed E-state index contributed by atoms with van der Waals surface area (Å²) in [6, 6.07) is 4.68. The number of unbranched alkanes of at least 4 members (excludes halogenated alkanes) is 1. The van der Waals surface area contributed by atoms with Gasteiger partial charge in [-0.2, -0.15) is 0 Å². The third-order valence-electron chi connectivity index (χ3n) is 4.07. The van der Waals surface area contributed by atoms with Crippen LogP contribution in [0, 0.1) is 10.8 Å². The van der Waals surface area contributed by atoms with Gasteiger partial charge in [0.25, 0.3) is 0 Å². The highest BCUT2D eigenvalue weighted by molar-refractivity contribution is 5.78. The highest BCUT2D eigenvalue weighted by Crippen LogP contribution is 2.33. The summed E-state index contributed by atoms with van der Waals surface area (Å²) in [6.07, 6.45) is 1.52. The smallest absolute Gasteiger partial charge is 0.316 e. The van der Waals surface area contributed by atoms with Crippen LogP contribution >= 0.6 is 0 Å². The van der Waals surface area contributed by atoms with Crippen LogP contribution in [0.1, 0.15) is 73.0 Å². The molecule has 0 amide bonds. The minimum absolute atomic E-state index is 0.0581. The summed E-state index contributed by atoms with van der Waals surface area (Å²) in [4.78, 5) is 24.6. The second-order valence-corrected chi connectivity index (χ2v) is 9.07. The Morgan fingerprint density at radius 2 is 1.68 bits per heavy atom. The molecule has 1 aromatic carbocycles. The average molecular weight is 394 g/mol. The second-order valence-electron chi connectivity index (χ2n) is 9.07. The lowest BCUT2D eigenvalue weighted by Gasteiger charge is -2.25. The number of nitrogens with one attached hydrogen (secondary N) is 1.